The van der Waals surface area contributed by atoms with Crippen LogP contribution in [0.1, 0.15) is 6.42 Å². The summed E-state index contributed by atoms with van der Waals surface area (Å²) in [5.41, 5.74) is 0. The summed E-state index contributed by atoms with van der Waals surface area (Å²) in [4.78, 5) is 21.5. The fourth-order valence-corrected chi connectivity index (χ4v) is 0.974. The molecular weight excluding hydrogens is 406 g/mol. The van der Waals surface area contributed by atoms with E-state index in [1.165, 1.54) is 0 Å². The number of carboxylic acid groups (broad SMARTS) is 1. The van der Waals surface area contributed by atoms with Crippen LogP contribution in [0.5, 0.6) is 0 Å². The summed E-state index contributed by atoms with van der Waals surface area (Å²) >= 11 is 0. The molecule has 4 nitrogen and oxygen atoms in total. The van der Waals surface area contributed by atoms with Gasteiger partial charge in [-0.15, -0.1) is 0 Å². The van der Waals surface area contributed by atoms with E-state index in [1.807, 2.05) is 0 Å². The van der Waals surface area contributed by atoms with Crippen molar-refractivity contribution in [2.45, 2.75) is 12.5 Å². The molecule has 1 fully saturated rings. The van der Waals surface area contributed by atoms with Gasteiger partial charge in [-0.2, -0.15) is 12.8 Å². The SMILES string of the molecule is O=[C-]N1CC[CH-]C1C(=O)O.[Rb+].[Re]. The molecule has 1 unspecified atom stereocenters. The maximum atomic E-state index is 10.3. The van der Waals surface area contributed by atoms with E-state index < -0.39 is 12.0 Å². The molecular formula is C6H7NO3RbRe-. The third kappa shape index (κ3) is 4.08. The normalized spacial score (nSPS) is 20.7. The summed E-state index contributed by atoms with van der Waals surface area (Å²) in [6, 6.07) is -0.752. The van der Waals surface area contributed by atoms with Crippen LogP contribution in [-0.4, -0.2) is 35.0 Å². The number of carboxylic acids is 1. The smallest absolute Gasteiger partial charge is 0.532 e. The quantitative estimate of drug-likeness (QED) is 0.477. The van der Waals surface area contributed by atoms with Gasteiger partial charge in [-0.3, -0.25) is 11.2 Å². The topological polar surface area (TPSA) is 57.6 Å². The van der Waals surface area contributed by atoms with Gasteiger partial charge in [-0.05, 0) is 12.6 Å². The van der Waals surface area contributed by atoms with Crippen molar-refractivity contribution in [3.05, 3.63) is 6.42 Å². The van der Waals surface area contributed by atoms with Crippen LogP contribution in [0.4, 0.5) is 0 Å². The second-order valence-corrected chi connectivity index (χ2v) is 2.09. The first kappa shape index (κ1) is 15.9. The monoisotopic (exact) mass is 413 g/mol. The first-order valence-electron chi connectivity index (χ1n) is 2.96. The fourth-order valence-electron chi connectivity index (χ4n) is 0.974. The zero-order valence-corrected chi connectivity index (χ0v) is 14.3. The van der Waals surface area contributed by atoms with Crippen LogP contribution in [0, 0.1) is 6.42 Å². The van der Waals surface area contributed by atoms with Gasteiger partial charge in [-0.1, -0.05) is 0 Å². The van der Waals surface area contributed by atoms with Gasteiger partial charge in [0.1, 0.15) is 0 Å². The Hall–Kier alpha value is 1.41. The maximum absolute atomic E-state index is 10.3. The molecule has 1 amide bonds. The van der Waals surface area contributed by atoms with Crippen LogP contribution >= 0.6 is 0 Å². The zero-order chi connectivity index (χ0) is 7.56. The van der Waals surface area contributed by atoms with Crippen LogP contribution in [-0.2, 0) is 30.0 Å². The van der Waals surface area contributed by atoms with Crippen molar-refractivity contribution in [1.29, 1.82) is 0 Å². The van der Waals surface area contributed by atoms with Crippen molar-refractivity contribution in [3.8, 4) is 0 Å². The number of hydrogen-bond donors (Lipinski definition) is 1. The van der Waals surface area contributed by atoms with Crippen molar-refractivity contribution in [3.63, 3.8) is 0 Å². The van der Waals surface area contributed by atoms with Gasteiger partial charge in [0, 0.05) is 20.4 Å². The van der Waals surface area contributed by atoms with Crippen LogP contribution in [0.15, 0.2) is 0 Å². The first-order valence-corrected chi connectivity index (χ1v) is 2.96. The number of nitrogens with zero attached hydrogens (tertiary/aromatic N) is 1. The molecule has 1 rings (SSSR count). The van der Waals surface area contributed by atoms with Gasteiger partial charge in [0.05, 0.1) is 0 Å². The van der Waals surface area contributed by atoms with Crippen LogP contribution in [0.3, 0.4) is 0 Å². The number of rotatable bonds is 2. The summed E-state index contributed by atoms with van der Waals surface area (Å²) in [5, 5.41) is 8.46. The van der Waals surface area contributed by atoms with E-state index in [1.54, 1.807) is 12.8 Å². The average Bonchev–Trinajstić information content (AvgIpc) is 2.33. The Morgan fingerprint density at radius 2 is 2.25 bits per heavy atom. The predicted molar refractivity (Wildman–Crippen MR) is 32.7 cm³/mol. The van der Waals surface area contributed by atoms with E-state index in [0.29, 0.717) is 13.0 Å². The molecule has 1 N–H and O–H groups in total. The van der Waals surface area contributed by atoms with Crippen molar-refractivity contribution >= 4 is 12.4 Å². The molecule has 1 radical (unpaired) electrons. The third-order valence-corrected chi connectivity index (χ3v) is 1.47. The number of amides is 1. The van der Waals surface area contributed by atoms with Crippen LogP contribution < -0.4 is 58.2 Å². The standard InChI is InChI=1S/C6H7NO3.Rb.Re/c8-4-7-3-1-2-5(7)6(9)10;;/h2,5H,1,3H2,(H,9,10);;/q-2;+1;. The Kier molecular flexibility index (Phi) is 10.3. The van der Waals surface area contributed by atoms with E-state index in [2.05, 4.69) is 0 Å². The van der Waals surface area contributed by atoms with Gasteiger partial charge in [-0.25, -0.2) is 0 Å². The molecule has 1 heterocycles. The van der Waals surface area contributed by atoms with E-state index in [-0.39, 0.29) is 78.6 Å². The van der Waals surface area contributed by atoms with E-state index in [4.69, 9.17) is 5.11 Å². The Balaban J connectivity index is 0. The summed E-state index contributed by atoms with van der Waals surface area (Å²) in [6.07, 6.45) is 3.80. The second kappa shape index (κ2) is 7.78. The van der Waals surface area contributed by atoms with E-state index in [0.717, 1.165) is 4.90 Å². The summed E-state index contributed by atoms with van der Waals surface area (Å²) in [7, 11) is 0. The van der Waals surface area contributed by atoms with Gasteiger partial charge < -0.3 is 14.8 Å². The van der Waals surface area contributed by atoms with Gasteiger partial charge in [0.25, 0.3) is 5.97 Å². The molecule has 0 aliphatic carbocycles. The number of hydrogen-bond acceptors (Lipinski definition) is 2. The third-order valence-electron chi connectivity index (χ3n) is 1.47. The van der Waals surface area contributed by atoms with Crippen molar-refractivity contribution in [1.82, 2.24) is 4.90 Å². The Labute approximate surface area is 134 Å². The molecule has 0 aromatic carbocycles. The minimum absolute atomic E-state index is 0. The Morgan fingerprint density at radius 3 is 2.58 bits per heavy atom. The Morgan fingerprint density at radius 1 is 1.67 bits per heavy atom. The Bertz CT molecular complexity index is 167. The predicted octanol–water partition coefficient (Wildman–Crippen LogP) is -3.58. The second-order valence-electron chi connectivity index (χ2n) is 2.09. The van der Waals surface area contributed by atoms with Crippen molar-refractivity contribution in [2.75, 3.05) is 6.54 Å². The molecule has 0 aromatic heterocycles. The van der Waals surface area contributed by atoms with E-state index in [9.17, 15) is 9.59 Å². The number of carbonyl (C=O) groups excluding carboxylic acids is 1. The average molecular weight is 413 g/mol. The first-order chi connectivity index (χ1) is 4.75. The molecule has 12 heavy (non-hydrogen) atoms. The molecule has 1 aliphatic rings. The largest absolute Gasteiger partial charge is 1.00 e. The zero-order valence-electron chi connectivity index (χ0n) is 6.66. The van der Waals surface area contributed by atoms with Gasteiger partial charge in [0.2, 0.25) is 0 Å². The van der Waals surface area contributed by atoms with Crippen molar-refractivity contribution < 1.29 is 93.3 Å². The minimum Gasteiger partial charge on any atom is -0.532 e. The summed E-state index contributed by atoms with van der Waals surface area (Å²) in [5.74, 6) is -0.985. The molecule has 1 atom stereocenters. The number of carbonyl (C=O) groups is 1. The number of aliphatic carboxylic acids is 1. The fraction of sp³-hybridized carbons (Fsp3) is 0.500. The summed E-state index contributed by atoms with van der Waals surface area (Å²) < 4.78 is 0. The van der Waals surface area contributed by atoms with E-state index >= 15 is 0 Å². The maximum Gasteiger partial charge on any atom is 1.00 e. The number of likely N-dealkylation sites (tertiary alicyclic amines) is 1. The molecule has 0 aromatic rings. The summed E-state index contributed by atoms with van der Waals surface area (Å²) in [6.45, 7) is 0.473. The van der Waals surface area contributed by atoms with Crippen molar-refractivity contribution in [2.24, 2.45) is 0 Å². The van der Waals surface area contributed by atoms with Crippen LogP contribution in [0.25, 0.3) is 0 Å². The molecule has 6 heteroatoms. The van der Waals surface area contributed by atoms with Gasteiger partial charge >= 0.3 is 58.2 Å². The molecule has 63 valence electrons. The molecule has 0 spiro atoms. The molecule has 1 aliphatic heterocycles. The van der Waals surface area contributed by atoms with Crippen LogP contribution in [0.2, 0.25) is 0 Å². The van der Waals surface area contributed by atoms with Gasteiger partial charge in [0.15, 0.2) is 0 Å². The molecule has 1 saturated heterocycles. The molecule has 0 saturated carbocycles. The molecule has 0 bridgehead atoms. The minimum atomic E-state index is -0.985.